The zero-order chi connectivity index (χ0) is 22.7. The van der Waals surface area contributed by atoms with Gasteiger partial charge in [-0.15, -0.1) is 0 Å². The number of phenolic OH excluding ortho intramolecular Hbond substituents is 1. The first kappa shape index (κ1) is 21.5. The summed E-state index contributed by atoms with van der Waals surface area (Å²) in [6.07, 6.45) is 7.40. The van der Waals surface area contributed by atoms with E-state index < -0.39 is 0 Å². The molecule has 8 heteroatoms. The van der Waals surface area contributed by atoms with Crippen LogP contribution < -0.4 is 10.6 Å². The lowest BCUT2D eigenvalue weighted by Gasteiger charge is -2.13. The molecule has 1 aliphatic carbocycles. The molecular formula is C24H27N5O3. The number of nitrogens with zero attached hydrogens (tertiary/aromatic N) is 3. The van der Waals surface area contributed by atoms with Crippen molar-refractivity contribution in [1.29, 1.82) is 0 Å². The Morgan fingerprint density at radius 2 is 1.81 bits per heavy atom. The van der Waals surface area contributed by atoms with Gasteiger partial charge < -0.3 is 15.7 Å². The number of hydrogen-bond donors (Lipinski definition) is 3. The molecule has 0 atom stereocenters. The Kier molecular flexibility index (Phi) is 6.20. The van der Waals surface area contributed by atoms with E-state index in [9.17, 15) is 14.7 Å². The molecule has 3 N–H and O–H groups in total. The Labute approximate surface area is 186 Å². The molecule has 0 bridgehead atoms. The maximum absolute atomic E-state index is 12.7. The second-order valence-electron chi connectivity index (χ2n) is 8.37. The fourth-order valence-electron chi connectivity index (χ4n) is 4.04. The summed E-state index contributed by atoms with van der Waals surface area (Å²) in [6, 6.07) is 9.72. The second kappa shape index (κ2) is 9.21. The summed E-state index contributed by atoms with van der Waals surface area (Å²) in [5.74, 6) is -0.0441. The molecule has 0 unspecified atom stereocenters. The van der Waals surface area contributed by atoms with Crippen LogP contribution in [0.25, 0.3) is 11.3 Å². The van der Waals surface area contributed by atoms with E-state index in [4.69, 9.17) is 0 Å². The topological polar surface area (TPSA) is 109 Å². The second-order valence-corrected chi connectivity index (χ2v) is 8.37. The van der Waals surface area contributed by atoms with E-state index >= 15 is 0 Å². The first-order valence-electron chi connectivity index (χ1n) is 10.9. The molecule has 32 heavy (non-hydrogen) atoms. The van der Waals surface area contributed by atoms with E-state index in [-0.39, 0.29) is 29.6 Å². The van der Waals surface area contributed by atoms with Gasteiger partial charge in [0, 0.05) is 47.2 Å². The van der Waals surface area contributed by atoms with Crippen molar-refractivity contribution in [3.05, 3.63) is 60.0 Å². The largest absolute Gasteiger partial charge is 0.507 e. The van der Waals surface area contributed by atoms with Crippen molar-refractivity contribution >= 4 is 17.6 Å². The summed E-state index contributed by atoms with van der Waals surface area (Å²) in [6.45, 7) is 3.81. The standard InChI is InChI=1S/C24H27N5O3/c1-15(2)26-24(32)29-21(16-5-3-4-6-16)14-20(28-29)19-8-7-18(13-22(19)30)27-23(31)17-9-11-25-12-10-17/h7-16,30H,3-6H2,1-2H3,(H,26,32)(H,27,31). The first-order valence-corrected chi connectivity index (χ1v) is 10.9. The number of nitrogens with one attached hydrogen (secondary N) is 2. The number of benzene rings is 1. The van der Waals surface area contributed by atoms with E-state index in [1.165, 1.54) is 10.7 Å². The van der Waals surface area contributed by atoms with Crippen molar-refractivity contribution in [1.82, 2.24) is 20.1 Å². The number of aromatic hydroxyl groups is 1. The van der Waals surface area contributed by atoms with Gasteiger partial charge in [0.05, 0.1) is 11.4 Å². The van der Waals surface area contributed by atoms with Gasteiger partial charge in [0.1, 0.15) is 5.75 Å². The summed E-state index contributed by atoms with van der Waals surface area (Å²) < 4.78 is 1.43. The Hall–Kier alpha value is -3.68. The predicted octanol–water partition coefficient (Wildman–Crippen LogP) is 4.53. The quantitative estimate of drug-likeness (QED) is 0.548. The molecule has 2 aromatic heterocycles. The van der Waals surface area contributed by atoms with Crippen LogP contribution in [0, 0.1) is 0 Å². The van der Waals surface area contributed by atoms with Crippen LogP contribution in [0.1, 0.15) is 61.5 Å². The lowest BCUT2D eigenvalue weighted by molar-refractivity contribution is 0.102. The van der Waals surface area contributed by atoms with E-state index in [1.54, 1.807) is 36.7 Å². The minimum absolute atomic E-state index is 0.0109. The minimum Gasteiger partial charge on any atom is -0.507 e. The Morgan fingerprint density at radius 1 is 1.09 bits per heavy atom. The maximum atomic E-state index is 12.7. The number of anilines is 1. The number of pyridine rings is 1. The van der Waals surface area contributed by atoms with Crippen molar-refractivity contribution < 1.29 is 14.7 Å². The molecule has 0 aliphatic heterocycles. The van der Waals surface area contributed by atoms with Crippen LogP contribution in [0.4, 0.5) is 10.5 Å². The van der Waals surface area contributed by atoms with Crippen LogP contribution in [0.2, 0.25) is 0 Å². The van der Waals surface area contributed by atoms with Crippen molar-refractivity contribution in [3.63, 3.8) is 0 Å². The SMILES string of the molecule is CC(C)NC(=O)n1nc(-c2ccc(NC(=O)c3ccncc3)cc2O)cc1C1CCCC1. The lowest BCUT2D eigenvalue weighted by atomic mass is 10.0. The van der Waals surface area contributed by atoms with Gasteiger partial charge in [0.15, 0.2) is 0 Å². The number of rotatable bonds is 5. The van der Waals surface area contributed by atoms with Gasteiger partial charge in [-0.3, -0.25) is 9.78 Å². The molecule has 3 aromatic rings. The molecule has 2 heterocycles. The highest BCUT2D eigenvalue weighted by Gasteiger charge is 2.26. The summed E-state index contributed by atoms with van der Waals surface area (Å²) in [4.78, 5) is 29.0. The Morgan fingerprint density at radius 3 is 2.47 bits per heavy atom. The van der Waals surface area contributed by atoms with E-state index in [2.05, 4.69) is 20.7 Å². The van der Waals surface area contributed by atoms with Crippen molar-refractivity contribution in [2.75, 3.05) is 5.32 Å². The van der Waals surface area contributed by atoms with Gasteiger partial charge in [-0.2, -0.15) is 9.78 Å². The molecule has 0 radical (unpaired) electrons. The average Bonchev–Trinajstić information content (AvgIpc) is 3.44. The van der Waals surface area contributed by atoms with Gasteiger partial charge in [0.25, 0.3) is 5.91 Å². The van der Waals surface area contributed by atoms with E-state index in [0.717, 1.165) is 31.4 Å². The number of phenols is 1. The molecule has 0 spiro atoms. The third kappa shape index (κ3) is 4.64. The molecule has 2 amide bonds. The zero-order valence-electron chi connectivity index (χ0n) is 18.2. The highest BCUT2D eigenvalue weighted by molar-refractivity contribution is 6.04. The smallest absolute Gasteiger partial charge is 0.342 e. The highest BCUT2D eigenvalue weighted by atomic mass is 16.3. The van der Waals surface area contributed by atoms with Gasteiger partial charge in [-0.1, -0.05) is 12.8 Å². The predicted molar refractivity (Wildman–Crippen MR) is 122 cm³/mol. The van der Waals surface area contributed by atoms with Crippen LogP contribution in [0.5, 0.6) is 5.75 Å². The van der Waals surface area contributed by atoms with Gasteiger partial charge in [0.2, 0.25) is 0 Å². The Bertz CT molecular complexity index is 1120. The third-order valence-electron chi connectivity index (χ3n) is 5.59. The first-order chi connectivity index (χ1) is 15.4. The van der Waals surface area contributed by atoms with Crippen LogP contribution in [-0.4, -0.2) is 37.9 Å². The molecular weight excluding hydrogens is 406 g/mol. The highest BCUT2D eigenvalue weighted by Crippen LogP contribution is 2.38. The van der Waals surface area contributed by atoms with Crippen LogP contribution in [0.3, 0.4) is 0 Å². The van der Waals surface area contributed by atoms with Gasteiger partial charge >= 0.3 is 6.03 Å². The fourth-order valence-corrected chi connectivity index (χ4v) is 4.04. The molecule has 1 fully saturated rings. The van der Waals surface area contributed by atoms with Crippen LogP contribution in [0.15, 0.2) is 48.8 Å². The van der Waals surface area contributed by atoms with E-state index in [0.29, 0.717) is 22.5 Å². The summed E-state index contributed by atoms with van der Waals surface area (Å²) in [7, 11) is 0. The van der Waals surface area contributed by atoms with Gasteiger partial charge in [-0.05, 0) is 57.0 Å². The number of hydrogen-bond acceptors (Lipinski definition) is 5. The molecule has 1 aliphatic rings. The lowest BCUT2D eigenvalue weighted by Crippen LogP contribution is -2.35. The number of carbonyl (C=O) groups excluding carboxylic acids is 2. The summed E-state index contributed by atoms with van der Waals surface area (Å²) in [5, 5.41) is 20.9. The summed E-state index contributed by atoms with van der Waals surface area (Å²) >= 11 is 0. The number of carbonyl (C=O) groups is 2. The van der Waals surface area contributed by atoms with E-state index in [1.807, 2.05) is 19.9 Å². The molecule has 1 aromatic carbocycles. The number of amides is 2. The van der Waals surface area contributed by atoms with Crippen LogP contribution >= 0.6 is 0 Å². The van der Waals surface area contributed by atoms with Crippen molar-refractivity contribution in [2.24, 2.45) is 0 Å². The molecule has 166 valence electrons. The van der Waals surface area contributed by atoms with Crippen molar-refractivity contribution in [3.8, 4) is 17.0 Å². The van der Waals surface area contributed by atoms with Crippen LogP contribution in [-0.2, 0) is 0 Å². The minimum atomic E-state index is -0.294. The van der Waals surface area contributed by atoms with Crippen molar-refractivity contribution in [2.45, 2.75) is 51.5 Å². The molecule has 0 saturated heterocycles. The van der Waals surface area contributed by atoms with Gasteiger partial charge in [-0.25, -0.2) is 4.79 Å². The molecule has 1 saturated carbocycles. The monoisotopic (exact) mass is 433 g/mol. The molecule has 8 nitrogen and oxygen atoms in total. The normalized spacial score (nSPS) is 14.0. The molecule has 4 rings (SSSR count). The third-order valence-corrected chi connectivity index (χ3v) is 5.59. The Balaban J connectivity index is 1.61. The number of aromatic nitrogens is 3. The zero-order valence-corrected chi connectivity index (χ0v) is 18.2. The maximum Gasteiger partial charge on any atom is 0.342 e. The summed E-state index contributed by atoms with van der Waals surface area (Å²) in [5.41, 5.74) is 2.82. The average molecular weight is 434 g/mol. The fraction of sp³-hybridized carbons (Fsp3) is 0.333.